The fraction of sp³-hybridized carbons (Fsp3) is 0. The van der Waals surface area contributed by atoms with E-state index < -0.39 is 131 Å². The first-order valence-corrected chi connectivity index (χ1v) is 17.2. The molecule has 60 heavy (non-hydrogen) atoms. The van der Waals surface area contributed by atoms with Crippen molar-refractivity contribution in [1.82, 2.24) is 0 Å². The number of hydrogen-bond donors (Lipinski definition) is 17. The van der Waals surface area contributed by atoms with Crippen LogP contribution in [0, 0.1) is 0 Å². The maximum absolute atomic E-state index is 11.7. The largest absolute Gasteiger partial charge is 0.504 e. The summed E-state index contributed by atoms with van der Waals surface area (Å²) in [7, 11) is 0. The third kappa shape index (κ3) is 5.00. The molecule has 0 aromatic heterocycles. The van der Waals surface area contributed by atoms with Gasteiger partial charge in [-0.25, -0.2) is 0 Å². The van der Waals surface area contributed by atoms with Crippen LogP contribution in [0.3, 0.4) is 0 Å². The van der Waals surface area contributed by atoms with Crippen molar-refractivity contribution >= 4 is 49.4 Å². The number of benzene rings is 8. The number of anilines is 3. The van der Waals surface area contributed by atoms with Crippen molar-refractivity contribution in [2.45, 2.75) is 0 Å². The third-order valence-electron chi connectivity index (χ3n) is 10.3. The van der Waals surface area contributed by atoms with E-state index in [9.17, 15) is 86.8 Å². The molecule has 0 aliphatic carbocycles. The van der Waals surface area contributed by atoms with E-state index in [1.165, 1.54) is 12.1 Å². The maximum atomic E-state index is 11.7. The summed E-state index contributed by atoms with van der Waals surface area (Å²) in [5.41, 5.74) is -6.91. The topological polar surface area (TPSA) is 347 Å². The fourth-order valence-corrected chi connectivity index (χ4v) is 7.44. The third-order valence-corrected chi connectivity index (χ3v) is 10.3. The van der Waals surface area contributed by atoms with E-state index in [2.05, 4.69) is 0 Å². The Kier molecular flexibility index (Phi) is 8.20. The highest BCUT2D eigenvalue weighted by molar-refractivity contribution is 6.26. The van der Waals surface area contributed by atoms with E-state index in [4.69, 9.17) is 0 Å². The normalized spacial score (nSPS) is 11.5. The van der Waals surface area contributed by atoms with Crippen LogP contribution in [0.15, 0.2) is 72.8 Å². The summed E-state index contributed by atoms with van der Waals surface area (Å²) in [6.45, 7) is 0. The van der Waals surface area contributed by atoms with Gasteiger partial charge in [0, 0.05) is 11.3 Å². The summed E-state index contributed by atoms with van der Waals surface area (Å²) in [5, 5.41) is 189. The lowest BCUT2D eigenvalue weighted by atomic mass is 9.93. The number of phenolic OH excluding ortho intramolecular Hbond substituents is 17. The highest BCUT2D eigenvalue weighted by atomic mass is 16.4. The second kappa shape index (κ2) is 13.0. The minimum Gasteiger partial charge on any atom is -0.504 e. The van der Waals surface area contributed by atoms with Crippen molar-refractivity contribution in [3.63, 3.8) is 0 Å². The second-order valence-electron chi connectivity index (χ2n) is 13.5. The molecule has 0 fully saturated rings. The van der Waals surface area contributed by atoms with E-state index in [0.29, 0.717) is 27.1 Å². The molecule has 8 aromatic rings. The molecule has 0 bridgehead atoms. The van der Waals surface area contributed by atoms with Crippen molar-refractivity contribution in [2.75, 3.05) is 4.90 Å². The molecule has 0 aliphatic rings. The standard InChI is InChI=1S/C42H29NO17/c44-21-12-20(27(45)39(57)28(21)46)22-29(47)35(53)25(36(54)30(22)48)43(13-9-10-18-16-7-2-1-5-14(16)15-6-3-4-8-17(15)19(18)11-13)26-37(55)31(49)23(32(50)38(26)56)24-33(51)40(58)42(60)41(59)34(24)52/h1-12,44-60H. The summed E-state index contributed by atoms with van der Waals surface area (Å²) >= 11 is 0. The number of phenols is 17. The Hall–Kier alpha value is -9.06. The Balaban J connectivity index is 1.50. The van der Waals surface area contributed by atoms with Crippen LogP contribution in [0.5, 0.6) is 97.7 Å². The van der Waals surface area contributed by atoms with Crippen LogP contribution >= 0.6 is 0 Å². The monoisotopic (exact) mass is 819 g/mol. The zero-order valence-corrected chi connectivity index (χ0v) is 30.0. The number of hydrogen-bond acceptors (Lipinski definition) is 18. The molecule has 304 valence electrons. The molecule has 8 aromatic carbocycles. The number of nitrogens with zero attached hydrogens (tertiary/aromatic N) is 1. The SMILES string of the molecule is Oc1cc(-c2c(O)c(O)c(N(c3ccc4c5ccccc5c5ccccc5c4c3)c3c(O)c(O)c(-c4c(O)c(O)c(O)c(O)c4O)c(O)c3O)c(O)c2O)c(O)c(O)c1O. The minimum absolute atomic E-state index is 0.273. The first-order valence-electron chi connectivity index (χ1n) is 17.2. The van der Waals surface area contributed by atoms with E-state index in [1.54, 1.807) is 30.3 Å². The lowest BCUT2D eigenvalue weighted by Crippen LogP contribution is -2.12. The molecule has 18 heteroatoms. The van der Waals surface area contributed by atoms with E-state index in [1.807, 2.05) is 24.3 Å². The maximum Gasteiger partial charge on any atom is 0.208 e. The molecule has 0 heterocycles. The van der Waals surface area contributed by atoms with Crippen LogP contribution in [-0.2, 0) is 0 Å². The van der Waals surface area contributed by atoms with Gasteiger partial charge in [-0.1, -0.05) is 54.6 Å². The first kappa shape index (κ1) is 37.8. The highest BCUT2D eigenvalue weighted by Gasteiger charge is 2.38. The smallest absolute Gasteiger partial charge is 0.208 e. The van der Waals surface area contributed by atoms with Crippen LogP contribution < -0.4 is 4.90 Å². The van der Waals surface area contributed by atoms with Gasteiger partial charge in [-0.3, -0.25) is 4.90 Å². The van der Waals surface area contributed by atoms with Crippen molar-refractivity contribution in [2.24, 2.45) is 0 Å². The highest BCUT2D eigenvalue weighted by Crippen LogP contribution is 2.67. The van der Waals surface area contributed by atoms with Crippen LogP contribution in [-0.4, -0.2) is 86.8 Å². The Labute approximate surface area is 333 Å². The molecule has 0 radical (unpaired) electrons. The average molecular weight is 820 g/mol. The first-order chi connectivity index (χ1) is 28.4. The molecule has 17 N–H and O–H groups in total. The van der Waals surface area contributed by atoms with E-state index >= 15 is 0 Å². The average Bonchev–Trinajstić information content (AvgIpc) is 3.25. The molecular weight excluding hydrogens is 790 g/mol. The lowest BCUT2D eigenvalue weighted by molar-refractivity contribution is 0.329. The molecule has 0 atom stereocenters. The fourth-order valence-electron chi connectivity index (χ4n) is 7.44. The van der Waals surface area contributed by atoms with Gasteiger partial charge in [0.1, 0.15) is 11.4 Å². The van der Waals surface area contributed by atoms with Gasteiger partial charge in [-0.15, -0.1) is 0 Å². The Bertz CT molecular complexity index is 3080. The lowest BCUT2D eigenvalue weighted by Gasteiger charge is -2.30. The Morgan fingerprint density at radius 2 is 0.600 bits per heavy atom. The Morgan fingerprint density at radius 3 is 1.03 bits per heavy atom. The summed E-state index contributed by atoms with van der Waals surface area (Å²) in [4.78, 5) is 0.544. The number of fused-ring (bicyclic) bond motifs is 6. The van der Waals surface area contributed by atoms with Crippen molar-refractivity contribution in [1.29, 1.82) is 0 Å². The molecule has 0 saturated carbocycles. The van der Waals surface area contributed by atoms with Gasteiger partial charge in [0.05, 0.1) is 16.7 Å². The summed E-state index contributed by atoms with van der Waals surface area (Å²) < 4.78 is 0. The molecular formula is C42H29NO17. The molecule has 0 spiro atoms. The molecule has 0 aliphatic heterocycles. The van der Waals surface area contributed by atoms with Crippen LogP contribution in [0.25, 0.3) is 54.6 Å². The van der Waals surface area contributed by atoms with Crippen LogP contribution in [0.4, 0.5) is 17.1 Å². The number of rotatable bonds is 5. The molecule has 0 saturated heterocycles. The molecule has 18 nitrogen and oxygen atoms in total. The van der Waals surface area contributed by atoms with Gasteiger partial charge in [0.25, 0.3) is 0 Å². The van der Waals surface area contributed by atoms with Crippen molar-refractivity contribution in [3.05, 3.63) is 72.8 Å². The molecule has 0 unspecified atom stereocenters. The summed E-state index contributed by atoms with van der Waals surface area (Å²) in [5.74, 6) is -23.9. The summed E-state index contributed by atoms with van der Waals surface area (Å²) in [6.07, 6.45) is 0. The van der Waals surface area contributed by atoms with Gasteiger partial charge in [-0.05, 0) is 50.5 Å². The van der Waals surface area contributed by atoms with E-state index in [0.717, 1.165) is 16.2 Å². The van der Waals surface area contributed by atoms with Crippen LogP contribution in [0.2, 0.25) is 0 Å². The second-order valence-corrected chi connectivity index (χ2v) is 13.5. The quantitative estimate of drug-likeness (QED) is 0.0474. The number of aromatic hydroxyl groups is 17. The molecule has 8 rings (SSSR count). The predicted octanol–water partition coefficient (Wildman–Crippen LogP) is 6.95. The Morgan fingerprint density at radius 1 is 0.267 bits per heavy atom. The predicted molar refractivity (Wildman–Crippen MR) is 213 cm³/mol. The van der Waals surface area contributed by atoms with Gasteiger partial charge in [0.15, 0.2) is 69.0 Å². The van der Waals surface area contributed by atoms with Crippen molar-refractivity contribution < 1.29 is 86.8 Å². The zero-order chi connectivity index (χ0) is 43.4. The molecule has 0 amide bonds. The zero-order valence-electron chi connectivity index (χ0n) is 30.0. The summed E-state index contributed by atoms with van der Waals surface area (Å²) in [6, 6.07) is 19.3. The van der Waals surface area contributed by atoms with Gasteiger partial charge < -0.3 is 86.8 Å². The van der Waals surface area contributed by atoms with Crippen molar-refractivity contribution in [3.8, 4) is 120 Å². The van der Waals surface area contributed by atoms with Gasteiger partial charge >= 0.3 is 0 Å². The van der Waals surface area contributed by atoms with E-state index in [-0.39, 0.29) is 5.69 Å². The van der Waals surface area contributed by atoms with Gasteiger partial charge in [-0.2, -0.15) is 0 Å². The van der Waals surface area contributed by atoms with Crippen LogP contribution in [0.1, 0.15) is 0 Å². The minimum atomic E-state index is -1.53. The van der Waals surface area contributed by atoms with Gasteiger partial charge in [0.2, 0.25) is 28.7 Å².